The fourth-order valence-corrected chi connectivity index (χ4v) is 2.86. The molecule has 2 bridgehead atoms. The van der Waals surface area contributed by atoms with Gasteiger partial charge in [0.05, 0.1) is 12.2 Å². The molecule has 3 rings (SSSR count). The maximum atomic E-state index is 12.2. The number of hydrogen-bond acceptors (Lipinski definition) is 5. The first-order valence-electron chi connectivity index (χ1n) is 6.48. The lowest BCUT2D eigenvalue weighted by atomic mass is 10.1. The Morgan fingerprint density at radius 3 is 2.84 bits per heavy atom. The van der Waals surface area contributed by atoms with E-state index in [0.29, 0.717) is 25.8 Å². The molecule has 2 aliphatic rings. The van der Waals surface area contributed by atoms with Crippen LogP contribution in [0.2, 0.25) is 0 Å². The molecule has 0 aromatic carbocycles. The maximum absolute atomic E-state index is 12.2. The van der Waals surface area contributed by atoms with Gasteiger partial charge in [-0.15, -0.1) is 0 Å². The fraction of sp³-hybridized carbons (Fsp3) is 0.615. The number of carbonyl (C=O) groups excluding carboxylic acids is 2. The van der Waals surface area contributed by atoms with Gasteiger partial charge < -0.3 is 14.2 Å². The average molecular weight is 264 g/mol. The van der Waals surface area contributed by atoms with Crippen molar-refractivity contribution in [1.29, 1.82) is 0 Å². The van der Waals surface area contributed by atoms with Crippen molar-refractivity contribution in [3.63, 3.8) is 0 Å². The van der Waals surface area contributed by atoms with E-state index in [9.17, 15) is 9.59 Å². The summed E-state index contributed by atoms with van der Waals surface area (Å²) in [5.74, 6) is 0.499. The zero-order valence-corrected chi connectivity index (χ0v) is 11.0. The van der Waals surface area contributed by atoms with Crippen molar-refractivity contribution >= 4 is 11.9 Å². The summed E-state index contributed by atoms with van der Waals surface area (Å²) in [6, 6.07) is -0.359. The molecule has 1 amide bonds. The van der Waals surface area contributed by atoms with Crippen molar-refractivity contribution in [2.24, 2.45) is 0 Å². The van der Waals surface area contributed by atoms with E-state index < -0.39 is 0 Å². The first-order chi connectivity index (χ1) is 9.06. The van der Waals surface area contributed by atoms with E-state index >= 15 is 0 Å². The SMILES string of the molecule is Cc1noc(C)c1CCC(=O)N1C[C@H]2C[C@@H]1C(=O)O2. The number of nitrogens with zero attached hydrogens (tertiary/aromatic N) is 2. The molecule has 2 fully saturated rings. The second-order valence-corrected chi connectivity index (χ2v) is 5.16. The Morgan fingerprint density at radius 2 is 2.26 bits per heavy atom. The van der Waals surface area contributed by atoms with Crippen molar-refractivity contribution in [3.05, 3.63) is 17.0 Å². The van der Waals surface area contributed by atoms with Gasteiger partial charge >= 0.3 is 5.97 Å². The van der Waals surface area contributed by atoms with E-state index in [1.807, 2.05) is 13.8 Å². The highest BCUT2D eigenvalue weighted by molar-refractivity contribution is 5.87. The Hall–Kier alpha value is -1.85. The first kappa shape index (κ1) is 12.2. The number of carbonyl (C=O) groups is 2. The molecule has 1 aromatic rings. The molecular weight excluding hydrogens is 248 g/mol. The van der Waals surface area contributed by atoms with Crippen molar-refractivity contribution in [2.75, 3.05) is 6.54 Å². The summed E-state index contributed by atoms with van der Waals surface area (Å²) in [6.07, 6.45) is 1.53. The van der Waals surface area contributed by atoms with Gasteiger partial charge in [-0.25, -0.2) is 4.79 Å². The molecule has 3 heterocycles. The molecule has 0 unspecified atom stereocenters. The molecule has 19 heavy (non-hydrogen) atoms. The Kier molecular flexibility index (Phi) is 2.80. The zero-order chi connectivity index (χ0) is 13.6. The Labute approximate surface area is 110 Å². The molecule has 0 spiro atoms. The molecule has 2 atom stereocenters. The van der Waals surface area contributed by atoms with Crippen LogP contribution < -0.4 is 0 Å². The summed E-state index contributed by atoms with van der Waals surface area (Å²) in [5.41, 5.74) is 1.81. The van der Waals surface area contributed by atoms with Crippen LogP contribution in [-0.2, 0) is 20.7 Å². The smallest absolute Gasteiger partial charge is 0.329 e. The van der Waals surface area contributed by atoms with Crippen molar-refractivity contribution in [2.45, 2.75) is 45.3 Å². The first-order valence-corrected chi connectivity index (χ1v) is 6.48. The lowest BCUT2D eigenvalue weighted by Crippen LogP contribution is -2.44. The van der Waals surface area contributed by atoms with Crippen molar-refractivity contribution in [1.82, 2.24) is 10.1 Å². The molecule has 0 radical (unpaired) electrons. The third kappa shape index (κ3) is 2.01. The van der Waals surface area contributed by atoms with Gasteiger partial charge in [0.1, 0.15) is 17.9 Å². The standard InChI is InChI=1S/C13H16N2O4/c1-7-10(8(2)19-14-7)3-4-12(16)15-6-9-5-11(15)13(17)18-9/h9,11H,3-6H2,1-2H3/t9-,11-/m1/s1. The van der Waals surface area contributed by atoms with Crippen LogP contribution in [0.3, 0.4) is 0 Å². The predicted molar refractivity (Wildman–Crippen MR) is 64.3 cm³/mol. The second kappa shape index (κ2) is 4.36. The van der Waals surface area contributed by atoms with Gasteiger partial charge in [0.2, 0.25) is 5.91 Å². The normalized spacial score (nSPS) is 24.9. The topological polar surface area (TPSA) is 72.6 Å². The van der Waals surface area contributed by atoms with Crippen LogP contribution in [0.4, 0.5) is 0 Å². The summed E-state index contributed by atoms with van der Waals surface area (Å²) < 4.78 is 10.1. The molecule has 6 nitrogen and oxygen atoms in total. The summed E-state index contributed by atoms with van der Waals surface area (Å²) in [4.78, 5) is 25.3. The van der Waals surface area contributed by atoms with Gasteiger partial charge in [-0.05, 0) is 20.3 Å². The Morgan fingerprint density at radius 1 is 1.47 bits per heavy atom. The number of hydrogen-bond donors (Lipinski definition) is 0. The fourth-order valence-electron chi connectivity index (χ4n) is 2.86. The van der Waals surface area contributed by atoms with Crippen LogP contribution in [0.1, 0.15) is 29.9 Å². The quantitative estimate of drug-likeness (QED) is 0.753. The number of rotatable bonds is 3. The number of aryl methyl sites for hydroxylation is 2. The average Bonchev–Trinajstić information content (AvgIpc) is 3.02. The molecule has 0 N–H and O–H groups in total. The predicted octanol–water partition coefficient (Wildman–Crippen LogP) is 0.750. The number of likely N-dealkylation sites (tertiary alicyclic amines) is 1. The Balaban J connectivity index is 1.62. The lowest BCUT2D eigenvalue weighted by Gasteiger charge is -2.25. The largest absolute Gasteiger partial charge is 0.459 e. The molecule has 102 valence electrons. The van der Waals surface area contributed by atoms with Gasteiger partial charge in [-0.3, -0.25) is 4.79 Å². The monoisotopic (exact) mass is 264 g/mol. The molecule has 0 aliphatic carbocycles. The van der Waals surface area contributed by atoms with Crippen LogP contribution in [0, 0.1) is 13.8 Å². The summed E-state index contributed by atoms with van der Waals surface area (Å²) in [5, 5.41) is 3.87. The number of fused-ring (bicyclic) bond motifs is 2. The maximum Gasteiger partial charge on any atom is 0.329 e. The highest BCUT2D eigenvalue weighted by Crippen LogP contribution is 2.29. The zero-order valence-electron chi connectivity index (χ0n) is 11.0. The minimum absolute atomic E-state index is 0.00384. The third-order valence-electron chi connectivity index (χ3n) is 3.91. The van der Waals surface area contributed by atoms with E-state index in [0.717, 1.165) is 17.0 Å². The van der Waals surface area contributed by atoms with Gasteiger partial charge in [0, 0.05) is 18.4 Å². The molecule has 1 aromatic heterocycles. The molecule has 2 saturated heterocycles. The molecule has 0 saturated carbocycles. The van der Waals surface area contributed by atoms with E-state index in [-0.39, 0.29) is 24.0 Å². The minimum Gasteiger partial charge on any atom is -0.459 e. The van der Waals surface area contributed by atoms with Crippen LogP contribution in [-0.4, -0.2) is 40.6 Å². The number of morpholine rings is 1. The van der Waals surface area contributed by atoms with E-state index in [4.69, 9.17) is 9.26 Å². The van der Waals surface area contributed by atoms with Crippen molar-refractivity contribution < 1.29 is 18.8 Å². The summed E-state index contributed by atoms with van der Waals surface area (Å²) in [7, 11) is 0. The summed E-state index contributed by atoms with van der Waals surface area (Å²) >= 11 is 0. The van der Waals surface area contributed by atoms with Crippen LogP contribution in [0.15, 0.2) is 4.52 Å². The van der Waals surface area contributed by atoms with Crippen LogP contribution in [0.25, 0.3) is 0 Å². The Bertz CT molecular complexity index is 517. The van der Waals surface area contributed by atoms with Gasteiger partial charge in [-0.2, -0.15) is 0 Å². The van der Waals surface area contributed by atoms with E-state index in [2.05, 4.69) is 5.16 Å². The summed E-state index contributed by atoms with van der Waals surface area (Å²) in [6.45, 7) is 4.25. The number of esters is 1. The molecule has 2 aliphatic heterocycles. The highest BCUT2D eigenvalue weighted by atomic mass is 16.6. The van der Waals surface area contributed by atoms with Crippen molar-refractivity contribution in [3.8, 4) is 0 Å². The van der Waals surface area contributed by atoms with Crippen LogP contribution in [0.5, 0.6) is 0 Å². The number of ether oxygens (including phenoxy) is 1. The number of amides is 1. The lowest BCUT2D eigenvalue weighted by molar-refractivity contribution is -0.157. The number of aromatic nitrogens is 1. The van der Waals surface area contributed by atoms with Gasteiger partial charge in [0.15, 0.2) is 0 Å². The van der Waals surface area contributed by atoms with E-state index in [1.54, 1.807) is 4.90 Å². The second-order valence-electron chi connectivity index (χ2n) is 5.16. The minimum atomic E-state index is -0.359. The van der Waals surface area contributed by atoms with Crippen LogP contribution >= 0.6 is 0 Å². The van der Waals surface area contributed by atoms with E-state index in [1.165, 1.54) is 0 Å². The third-order valence-corrected chi connectivity index (χ3v) is 3.91. The van der Waals surface area contributed by atoms with Gasteiger partial charge in [-0.1, -0.05) is 5.16 Å². The highest BCUT2D eigenvalue weighted by Gasteiger charge is 2.48. The molecular formula is C13H16N2O4. The molecule has 6 heteroatoms. The van der Waals surface area contributed by atoms with Gasteiger partial charge in [0.25, 0.3) is 0 Å².